The minimum absolute atomic E-state index is 0. The summed E-state index contributed by atoms with van der Waals surface area (Å²) in [5, 5.41) is 0. The molecule has 0 saturated carbocycles. The normalized spacial score (nSPS) is 12.3. The van der Waals surface area contributed by atoms with Crippen molar-refractivity contribution in [3.63, 3.8) is 0 Å². The zero-order chi connectivity index (χ0) is 19.0. The molecule has 148 valence electrons. The van der Waals surface area contributed by atoms with Gasteiger partial charge in [-0.1, -0.05) is 74.5 Å². The summed E-state index contributed by atoms with van der Waals surface area (Å²) in [5.74, 6) is -0.392. The highest BCUT2D eigenvalue weighted by Crippen LogP contribution is 2.34. The van der Waals surface area contributed by atoms with Gasteiger partial charge in [0.2, 0.25) is 5.60 Å². The highest BCUT2D eigenvalue weighted by atomic mass is 35.5. The van der Waals surface area contributed by atoms with Crippen LogP contribution in [0.3, 0.4) is 0 Å². The third-order valence-electron chi connectivity index (χ3n) is 4.85. The molecule has 2 aromatic rings. The predicted molar refractivity (Wildman–Crippen MR) is 111 cm³/mol. The van der Waals surface area contributed by atoms with Gasteiger partial charge in [0.15, 0.2) is 0 Å². The lowest BCUT2D eigenvalue weighted by atomic mass is 9.86. The minimum atomic E-state index is -1.27. The Kier molecular flexibility index (Phi) is 9.50. The van der Waals surface area contributed by atoms with Crippen LogP contribution in [0.4, 0.5) is 0 Å². The molecule has 0 bridgehead atoms. The molecule has 1 atom stereocenters. The quantitative estimate of drug-likeness (QED) is 0.598. The highest BCUT2D eigenvalue weighted by Gasteiger charge is 2.44. The van der Waals surface area contributed by atoms with Gasteiger partial charge in [-0.25, -0.2) is 4.79 Å². The molecule has 1 unspecified atom stereocenters. The predicted octanol–water partition coefficient (Wildman–Crippen LogP) is 4.27. The summed E-state index contributed by atoms with van der Waals surface area (Å²) in [5.41, 5.74) is 0.245. The van der Waals surface area contributed by atoms with Crippen molar-refractivity contribution in [3.05, 3.63) is 71.8 Å². The van der Waals surface area contributed by atoms with E-state index in [1.54, 1.807) is 7.11 Å². The van der Waals surface area contributed by atoms with Gasteiger partial charge in [0.1, 0.15) is 6.61 Å². The van der Waals surface area contributed by atoms with Crippen molar-refractivity contribution < 1.29 is 14.3 Å². The number of methoxy groups -OCH3 is 1. The second kappa shape index (κ2) is 11.1. The first-order valence-electron chi connectivity index (χ1n) is 9.17. The number of benzene rings is 2. The molecule has 0 aliphatic heterocycles. The second-order valence-corrected chi connectivity index (χ2v) is 6.29. The van der Waals surface area contributed by atoms with E-state index in [4.69, 9.17) is 9.47 Å². The Balaban J connectivity index is 0.00000364. The van der Waals surface area contributed by atoms with Crippen molar-refractivity contribution in [3.8, 4) is 0 Å². The fourth-order valence-electron chi connectivity index (χ4n) is 3.32. The van der Waals surface area contributed by atoms with E-state index >= 15 is 0 Å². The number of nitrogens with zero attached hydrogens (tertiary/aromatic N) is 1. The van der Waals surface area contributed by atoms with Crippen molar-refractivity contribution in [1.82, 2.24) is 4.90 Å². The second-order valence-electron chi connectivity index (χ2n) is 6.29. The zero-order valence-corrected chi connectivity index (χ0v) is 17.4. The lowest BCUT2D eigenvalue weighted by Gasteiger charge is -2.32. The van der Waals surface area contributed by atoms with Crippen LogP contribution in [0.15, 0.2) is 60.7 Å². The van der Waals surface area contributed by atoms with Gasteiger partial charge in [-0.05, 0) is 31.1 Å². The summed E-state index contributed by atoms with van der Waals surface area (Å²) < 4.78 is 11.6. The number of rotatable bonds is 9. The molecule has 0 heterocycles. The van der Waals surface area contributed by atoms with E-state index in [9.17, 15) is 4.79 Å². The number of hydrogen-bond donors (Lipinski definition) is 0. The van der Waals surface area contributed by atoms with Crippen LogP contribution in [-0.4, -0.2) is 43.7 Å². The largest absolute Gasteiger partial charge is 0.461 e. The molecule has 0 N–H and O–H groups in total. The molecule has 0 amide bonds. The van der Waals surface area contributed by atoms with Crippen LogP contribution in [0, 0.1) is 0 Å². The van der Waals surface area contributed by atoms with Crippen LogP contribution in [0.2, 0.25) is 0 Å². The average Bonchev–Trinajstić information content (AvgIpc) is 2.70. The molecule has 27 heavy (non-hydrogen) atoms. The monoisotopic (exact) mass is 391 g/mol. The zero-order valence-electron chi connectivity index (χ0n) is 16.6. The highest BCUT2D eigenvalue weighted by molar-refractivity contribution is 5.86. The maximum absolute atomic E-state index is 13.2. The molecule has 2 rings (SSSR count). The number of likely N-dealkylation sites (N-methyl/N-ethyl adjacent to an activating group) is 1. The lowest BCUT2D eigenvalue weighted by molar-refractivity contribution is -0.167. The Morgan fingerprint density at radius 3 is 1.78 bits per heavy atom. The molecule has 2 aromatic carbocycles. The summed E-state index contributed by atoms with van der Waals surface area (Å²) in [4.78, 5) is 15.5. The number of halogens is 1. The van der Waals surface area contributed by atoms with Gasteiger partial charge >= 0.3 is 5.97 Å². The minimum Gasteiger partial charge on any atom is -0.461 e. The number of esters is 1. The number of ether oxygens (including phenoxy) is 2. The van der Waals surface area contributed by atoms with Crippen LogP contribution < -0.4 is 0 Å². The average molecular weight is 392 g/mol. The molecule has 0 aromatic heterocycles. The van der Waals surface area contributed by atoms with Gasteiger partial charge in [0.25, 0.3) is 0 Å². The van der Waals surface area contributed by atoms with Crippen molar-refractivity contribution in [1.29, 1.82) is 0 Å². The van der Waals surface area contributed by atoms with E-state index in [0.717, 1.165) is 24.2 Å². The van der Waals surface area contributed by atoms with Gasteiger partial charge in [0.05, 0.1) is 0 Å². The fourth-order valence-corrected chi connectivity index (χ4v) is 3.32. The summed E-state index contributed by atoms with van der Waals surface area (Å²) in [7, 11) is 1.55. The summed E-state index contributed by atoms with van der Waals surface area (Å²) in [6, 6.07) is 19.2. The van der Waals surface area contributed by atoms with Crippen LogP contribution in [0.25, 0.3) is 0 Å². The molecule has 4 nitrogen and oxygen atoms in total. The first kappa shape index (κ1) is 23.2. The van der Waals surface area contributed by atoms with Gasteiger partial charge in [-0.15, -0.1) is 12.4 Å². The third kappa shape index (κ3) is 5.10. The van der Waals surface area contributed by atoms with E-state index < -0.39 is 11.6 Å². The molecular formula is C22H30ClNO3. The molecule has 5 heteroatoms. The SMILES string of the molecule is CCN(CC)C(C)COC(=O)C(OC)(c1ccccc1)c1ccccc1.Cl. The van der Waals surface area contributed by atoms with Gasteiger partial charge in [-0.2, -0.15) is 0 Å². The van der Waals surface area contributed by atoms with E-state index in [0.29, 0.717) is 6.61 Å². The first-order valence-corrected chi connectivity index (χ1v) is 9.17. The third-order valence-corrected chi connectivity index (χ3v) is 4.85. The molecule has 0 fully saturated rings. The Labute approximate surface area is 168 Å². The molecule has 0 radical (unpaired) electrons. The molecular weight excluding hydrogens is 362 g/mol. The summed E-state index contributed by atoms with van der Waals surface area (Å²) >= 11 is 0. The van der Waals surface area contributed by atoms with Gasteiger partial charge in [0, 0.05) is 13.2 Å². The van der Waals surface area contributed by atoms with Crippen LogP contribution in [0.1, 0.15) is 31.9 Å². The van der Waals surface area contributed by atoms with Crippen molar-refractivity contribution >= 4 is 18.4 Å². The standard InChI is InChI=1S/C22H29NO3.ClH/c1-5-23(6-2)18(3)17-26-21(24)22(25-4,19-13-9-7-10-14-19)20-15-11-8-12-16-20;/h7-16,18H,5-6,17H2,1-4H3;1H. The lowest BCUT2D eigenvalue weighted by Crippen LogP contribution is -2.43. The summed E-state index contributed by atoms with van der Waals surface area (Å²) in [6.45, 7) is 8.44. The number of hydrogen-bond acceptors (Lipinski definition) is 4. The molecule has 0 spiro atoms. The van der Waals surface area contributed by atoms with E-state index in [1.165, 1.54) is 0 Å². The van der Waals surface area contributed by atoms with Crippen molar-refractivity contribution in [2.24, 2.45) is 0 Å². The van der Waals surface area contributed by atoms with E-state index in [1.807, 2.05) is 60.7 Å². The summed E-state index contributed by atoms with van der Waals surface area (Å²) in [6.07, 6.45) is 0. The Morgan fingerprint density at radius 2 is 1.41 bits per heavy atom. The van der Waals surface area contributed by atoms with Crippen LogP contribution in [0.5, 0.6) is 0 Å². The fraction of sp³-hybridized carbons (Fsp3) is 0.409. The van der Waals surface area contributed by atoms with Crippen molar-refractivity contribution in [2.75, 3.05) is 26.8 Å². The smallest absolute Gasteiger partial charge is 0.347 e. The Bertz CT molecular complexity index is 635. The molecule has 0 aliphatic rings. The number of carbonyl (C=O) groups is 1. The van der Waals surface area contributed by atoms with Gasteiger partial charge < -0.3 is 9.47 Å². The van der Waals surface area contributed by atoms with E-state index in [2.05, 4.69) is 25.7 Å². The van der Waals surface area contributed by atoms with Crippen molar-refractivity contribution in [2.45, 2.75) is 32.4 Å². The molecule has 0 aliphatic carbocycles. The maximum Gasteiger partial charge on any atom is 0.347 e. The van der Waals surface area contributed by atoms with Crippen LogP contribution >= 0.6 is 12.4 Å². The van der Waals surface area contributed by atoms with Crippen LogP contribution in [-0.2, 0) is 19.9 Å². The Morgan fingerprint density at radius 1 is 0.963 bits per heavy atom. The topological polar surface area (TPSA) is 38.8 Å². The maximum atomic E-state index is 13.2. The van der Waals surface area contributed by atoms with Gasteiger partial charge in [-0.3, -0.25) is 4.90 Å². The van der Waals surface area contributed by atoms with E-state index in [-0.39, 0.29) is 18.4 Å². The first-order chi connectivity index (χ1) is 12.6. The Hall–Kier alpha value is -1.88. The molecule has 0 saturated heterocycles. The number of carbonyl (C=O) groups excluding carboxylic acids is 1.